The first kappa shape index (κ1) is 13.2. The molecule has 1 heterocycles. The predicted molar refractivity (Wildman–Crippen MR) is 78.0 cm³/mol. The normalized spacial score (nSPS) is 21.9. The fraction of sp³-hybridized carbons (Fsp3) is 0.538. The zero-order chi connectivity index (χ0) is 12.4. The zero-order valence-corrected chi connectivity index (χ0v) is 12.6. The van der Waals surface area contributed by atoms with E-state index in [9.17, 15) is 0 Å². The molecule has 94 valence electrons. The lowest BCUT2D eigenvalue weighted by molar-refractivity contribution is 0.275. The average molecular weight is 318 g/mol. The maximum atomic E-state index is 5.87. The second-order valence-corrected chi connectivity index (χ2v) is 5.84. The van der Waals surface area contributed by atoms with Gasteiger partial charge in [0.25, 0.3) is 0 Å². The molecule has 2 nitrogen and oxygen atoms in total. The molecule has 0 aromatic heterocycles. The van der Waals surface area contributed by atoms with Crippen molar-refractivity contribution in [2.24, 2.45) is 0 Å². The van der Waals surface area contributed by atoms with Crippen molar-refractivity contribution in [3.05, 3.63) is 28.2 Å². The van der Waals surface area contributed by atoms with Crippen molar-refractivity contribution >= 4 is 33.2 Å². The Balaban J connectivity index is 2.19. The lowest BCUT2D eigenvalue weighted by atomic mass is 10.1. The van der Waals surface area contributed by atoms with Gasteiger partial charge in [0.15, 0.2) is 0 Å². The molecule has 0 aliphatic carbocycles. The molecule has 4 heteroatoms. The Hall–Kier alpha value is -0.250. The zero-order valence-electron chi connectivity index (χ0n) is 10.3. The van der Waals surface area contributed by atoms with Crippen molar-refractivity contribution in [3.8, 4) is 0 Å². The van der Waals surface area contributed by atoms with Gasteiger partial charge in [0.1, 0.15) is 0 Å². The standard InChI is InChI=1S/C13H18BrClN2/c1-10-9-16(2)5-6-17(10)12-4-3-11(8-15)13(14)7-12/h3-4,7,10H,5-6,8-9H2,1-2H3. The summed E-state index contributed by atoms with van der Waals surface area (Å²) in [5.41, 5.74) is 2.43. The van der Waals surface area contributed by atoms with E-state index < -0.39 is 0 Å². The minimum Gasteiger partial charge on any atom is -0.366 e. The second-order valence-electron chi connectivity index (χ2n) is 4.71. The summed E-state index contributed by atoms with van der Waals surface area (Å²) in [5.74, 6) is 0.555. The van der Waals surface area contributed by atoms with Gasteiger partial charge in [-0.3, -0.25) is 0 Å². The molecular formula is C13H18BrClN2. The summed E-state index contributed by atoms with van der Waals surface area (Å²) in [6, 6.07) is 7.02. The second kappa shape index (κ2) is 5.59. The monoisotopic (exact) mass is 316 g/mol. The van der Waals surface area contributed by atoms with Crippen molar-refractivity contribution in [2.75, 3.05) is 31.6 Å². The molecule has 2 rings (SSSR count). The predicted octanol–water partition coefficient (Wildman–Crippen LogP) is 3.33. The quantitative estimate of drug-likeness (QED) is 0.772. The first-order valence-electron chi connectivity index (χ1n) is 5.91. The molecule has 17 heavy (non-hydrogen) atoms. The van der Waals surface area contributed by atoms with Crippen molar-refractivity contribution in [2.45, 2.75) is 18.8 Å². The summed E-state index contributed by atoms with van der Waals surface area (Å²) in [4.78, 5) is 4.84. The summed E-state index contributed by atoms with van der Waals surface area (Å²) in [5, 5.41) is 0. The van der Waals surface area contributed by atoms with E-state index in [1.54, 1.807) is 0 Å². The Morgan fingerprint density at radius 1 is 1.41 bits per heavy atom. The highest BCUT2D eigenvalue weighted by atomic mass is 79.9. The molecule has 0 bridgehead atoms. The summed E-state index contributed by atoms with van der Waals surface area (Å²) >= 11 is 9.45. The van der Waals surface area contributed by atoms with Crippen LogP contribution in [0.3, 0.4) is 0 Å². The lowest BCUT2D eigenvalue weighted by Crippen LogP contribution is -2.50. The van der Waals surface area contributed by atoms with Gasteiger partial charge in [0.05, 0.1) is 0 Å². The van der Waals surface area contributed by atoms with E-state index in [1.807, 2.05) is 0 Å². The Kier molecular flexibility index (Phi) is 4.34. The van der Waals surface area contributed by atoms with Gasteiger partial charge in [-0.05, 0) is 31.7 Å². The van der Waals surface area contributed by atoms with Gasteiger partial charge in [-0.25, -0.2) is 0 Å². The molecule has 1 saturated heterocycles. The van der Waals surface area contributed by atoms with Crippen molar-refractivity contribution in [1.29, 1.82) is 0 Å². The molecule has 1 aromatic carbocycles. The first-order chi connectivity index (χ1) is 8.11. The van der Waals surface area contributed by atoms with Crippen LogP contribution < -0.4 is 4.90 Å². The summed E-state index contributed by atoms with van der Waals surface area (Å²) in [6.45, 7) is 5.61. The van der Waals surface area contributed by atoms with Gasteiger partial charge in [0, 0.05) is 41.7 Å². The lowest BCUT2D eigenvalue weighted by Gasteiger charge is -2.40. The minimum absolute atomic E-state index is 0.555. The van der Waals surface area contributed by atoms with Crippen LogP contribution in [-0.4, -0.2) is 37.6 Å². The maximum Gasteiger partial charge on any atom is 0.0485 e. The van der Waals surface area contributed by atoms with E-state index in [1.165, 1.54) is 5.69 Å². The van der Waals surface area contributed by atoms with Gasteiger partial charge in [-0.2, -0.15) is 0 Å². The van der Waals surface area contributed by atoms with E-state index in [4.69, 9.17) is 11.6 Å². The largest absolute Gasteiger partial charge is 0.366 e. The van der Waals surface area contributed by atoms with Crippen LogP contribution in [0.4, 0.5) is 5.69 Å². The maximum absolute atomic E-state index is 5.87. The number of rotatable bonds is 2. The molecule has 0 N–H and O–H groups in total. The highest BCUT2D eigenvalue weighted by Gasteiger charge is 2.21. The van der Waals surface area contributed by atoms with Crippen molar-refractivity contribution in [1.82, 2.24) is 4.90 Å². The van der Waals surface area contributed by atoms with Crippen LogP contribution in [0.1, 0.15) is 12.5 Å². The molecule has 1 aliphatic rings. The number of likely N-dealkylation sites (N-methyl/N-ethyl adjacent to an activating group) is 1. The third kappa shape index (κ3) is 2.95. The Morgan fingerprint density at radius 3 is 2.76 bits per heavy atom. The van der Waals surface area contributed by atoms with Crippen LogP contribution in [0, 0.1) is 0 Å². The highest BCUT2D eigenvalue weighted by Crippen LogP contribution is 2.27. The summed E-state index contributed by atoms with van der Waals surface area (Å²) in [7, 11) is 2.18. The van der Waals surface area contributed by atoms with E-state index in [0.29, 0.717) is 11.9 Å². The summed E-state index contributed by atoms with van der Waals surface area (Å²) < 4.78 is 1.11. The fourth-order valence-corrected chi connectivity index (χ4v) is 3.25. The van der Waals surface area contributed by atoms with Crippen LogP contribution in [-0.2, 0) is 5.88 Å². The Labute approximate surface area is 117 Å². The summed E-state index contributed by atoms with van der Waals surface area (Å²) in [6.07, 6.45) is 0. The highest BCUT2D eigenvalue weighted by molar-refractivity contribution is 9.10. The molecule has 0 radical (unpaired) electrons. The molecule has 0 amide bonds. The van der Waals surface area contributed by atoms with Gasteiger partial charge >= 0.3 is 0 Å². The molecule has 1 atom stereocenters. The van der Waals surface area contributed by atoms with E-state index in [0.717, 1.165) is 29.7 Å². The molecule has 0 spiro atoms. The molecule has 1 unspecified atom stereocenters. The third-order valence-electron chi connectivity index (χ3n) is 3.34. The van der Waals surface area contributed by atoms with Crippen LogP contribution in [0.2, 0.25) is 0 Å². The van der Waals surface area contributed by atoms with Crippen LogP contribution in [0.25, 0.3) is 0 Å². The number of hydrogen-bond donors (Lipinski definition) is 0. The number of alkyl halides is 1. The van der Waals surface area contributed by atoms with Crippen molar-refractivity contribution < 1.29 is 0 Å². The third-order valence-corrected chi connectivity index (χ3v) is 4.37. The van der Waals surface area contributed by atoms with Gasteiger partial charge in [-0.15, -0.1) is 11.6 Å². The van der Waals surface area contributed by atoms with Crippen LogP contribution in [0.15, 0.2) is 22.7 Å². The number of benzene rings is 1. The number of piperazine rings is 1. The molecule has 1 fully saturated rings. The average Bonchev–Trinajstić information content (AvgIpc) is 2.29. The number of hydrogen-bond acceptors (Lipinski definition) is 2. The number of nitrogens with zero attached hydrogens (tertiary/aromatic N) is 2. The Bertz CT molecular complexity index is 397. The topological polar surface area (TPSA) is 6.48 Å². The van der Waals surface area contributed by atoms with Crippen molar-refractivity contribution in [3.63, 3.8) is 0 Å². The van der Waals surface area contributed by atoms with E-state index in [-0.39, 0.29) is 0 Å². The SMILES string of the molecule is CC1CN(C)CCN1c1ccc(CCl)c(Br)c1. The van der Waals surface area contributed by atoms with Gasteiger partial charge in [-0.1, -0.05) is 22.0 Å². The smallest absolute Gasteiger partial charge is 0.0485 e. The molecule has 1 aliphatic heterocycles. The molecular weight excluding hydrogens is 300 g/mol. The minimum atomic E-state index is 0.555. The first-order valence-corrected chi connectivity index (χ1v) is 7.24. The number of halogens is 2. The van der Waals surface area contributed by atoms with Gasteiger partial charge < -0.3 is 9.80 Å². The van der Waals surface area contributed by atoms with Gasteiger partial charge in [0.2, 0.25) is 0 Å². The number of anilines is 1. The van der Waals surface area contributed by atoms with E-state index in [2.05, 4.69) is 57.9 Å². The Morgan fingerprint density at radius 2 is 2.18 bits per heavy atom. The van der Waals surface area contributed by atoms with Crippen LogP contribution >= 0.6 is 27.5 Å². The fourth-order valence-electron chi connectivity index (χ4n) is 2.35. The van der Waals surface area contributed by atoms with E-state index >= 15 is 0 Å². The molecule has 1 aromatic rings. The van der Waals surface area contributed by atoms with Crippen LogP contribution in [0.5, 0.6) is 0 Å². The molecule has 0 saturated carbocycles.